The van der Waals surface area contributed by atoms with Gasteiger partial charge in [-0.05, 0) is 37.5 Å². The van der Waals surface area contributed by atoms with E-state index in [-0.39, 0.29) is 11.9 Å². The molecule has 7 nitrogen and oxygen atoms in total. The van der Waals surface area contributed by atoms with Crippen LogP contribution in [-0.4, -0.2) is 63.8 Å². The number of benzene rings is 1. The molecule has 0 bridgehead atoms. The fraction of sp³-hybridized carbons (Fsp3) is 0.632. The highest BCUT2D eigenvalue weighted by Gasteiger charge is 2.34. The summed E-state index contributed by atoms with van der Waals surface area (Å²) in [6.45, 7) is 5.59. The lowest BCUT2D eigenvalue weighted by molar-refractivity contribution is -0.126. The third kappa shape index (κ3) is 5.00. The number of morpholine rings is 1. The van der Waals surface area contributed by atoms with Crippen molar-refractivity contribution in [3.05, 3.63) is 29.8 Å². The van der Waals surface area contributed by atoms with Gasteiger partial charge in [-0.15, -0.1) is 0 Å². The van der Waals surface area contributed by atoms with E-state index < -0.39 is 16.1 Å². The lowest BCUT2D eigenvalue weighted by Crippen LogP contribution is -2.51. The molecule has 0 aromatic heterocycles. The molecular formula is C19H29N3O4S. The van der Waals surface area contributed by atoms with E-state index in [0.717, 1.165) is 50.4 Å². The lowest BCUT2D eigenvalue weighted by Gasteiger charge is -2.33. The van der Waals surface area contributed by atoms with E-state index in [1.807, 2.05) is 19.1 Å². The molecule has 8 heteroatoms. The van der Waals surface area contributed by atoms with Gasteiger partial charge in [0.1, 0.15) is 6.04 Å². The number of ether oxygens (including phenoxy) is 1. The van der Waals surface area contributed by atoms with E-state index in [1.54, 1.807) is 0 Å². The van der Waals surface area contributed by atoms with Crippen LogP contribution in [0.15, 0.2) is 24.3 Å². The second-order valence-electron chi connectivity index (χ2n) is 7.31. The van der Waals surface area contributed by atoms with Crippen LogP contribution in [0, 0.1) is 0 Å². The minimum atomic E-state index is -3.38. The quantitative estimate of drug-likeness (QED) is 0.818. The van der Waals surface area contributed by atoms with Crippen LogP contribution >= 0.6 is 0 Å². The molecule has 150 valence electrons. The van der Waals surface area contributed by atoms with Crippen molar-refractivity contribution >= 4 is 21.6 Å². The van der Waals surface area contributed by atoms with E-state index in [2.05, 4.69) is 22.3 Å². The zero-order valence-corrected chi connectivity index (χ0v) is 16.9. The van der Waals surface area contributed by atoms with Crippen molar-refractivity contribution in [3.63, 3.8) is 0 Å². The summed E-state index contributed by atoms with van der Waals surface area (Å²) in [5.74, 6) is -0.218. The van der Waals surface area contributed by atoms with Crippen molar-refractivity contribution in [2.24, 2.45) is 0 Å². The summed E-state index contributed by atoms with van der Waals surface area (Å²) in [6.07, 6.45) is 3.41. The van der Waals surface area contributed by atoms with Gasteiger partial charge in [0, 0.05) is 25.3 Å². The molecule has 2 saturated heterocycles. The third-order valence-electron chi connectivity index (χ3n) is 5.31. The van der Waals surface area contributed by atoms with Crippen LogP contribution in [0.4, 0.5) is 5.69 Å². The number of carbonyl (C=O) groups is 1. The molecule has 0 spiro atoms. The minimum Gasteiger partial charge on any atom is -0.378 e. The van der Waals surface area contributed by atoms with E-state index >= 15 is 0 Å². The summed E-state index contributed by atoms with van der Waals surface area (Å²) in [5.41, 5.74) is 2.15. The molecule has 2 heterocycles. The molecule has 1 aromatic rings. The number of nitrogens with one attached hydrogen (secondary N) is 1. The van der Waals surface area contributed by atoms with Gasteiger partial charge in [-0.2, -0.15) is 4.31 Å². The van der Waals surface area contributed by atoms with E-state index in [4.69, 9.17) is 4.74 Å². The van der Waals surface area contributed by atoms with Gasteiger partial charge in [-0.25, -0.2) is 8.42 Å². The van der Waals surface area contributed by atoms with Crippen LogP contribution in [0.2, 0.25) is 0 Å². The molecule has 3 rings (SSSR count). The Labute approximate surface area is 161 Å². The fourth-order valence-corrected chi connectivity index (χ4v) is 4.88. The Hall–Kier alpha value is -1.64. The number of nitrogens with zero attached hydrogens (tertiary/aromatic N) is 2. The van der Waals surface area contributed by atoms with Crippen molar-refractivity contribution in [3.8, 4) is 0 Å². The monoisotopic (exact) mass is 395 g/mol. The summed E-state index contributed by atoms with van der Waals surface area (Å²) in [7, 11) is -3.38. The molecule has 0 aliphatic carbocycles. The molecule has 2 atom stereocenters. The summed E-state index contributed by atoms with van der Waals surface area (Å²) in [5, 5.41) is 2.99. The Morgan fingerprint density at radius 2 is 1.81 bits per heavy atom. The van der Waals surface area contributed by atoms with Crippen LogP contribution in [0.1, 0.15) is 37.8 Å². The number of carbonyl (C=O) groups excluding carboxylic acids is 1. The first-order chi connectivity index (χ1) is 12.9. The molecule has 0 radical (unpaired) electrons. The van der Waals surface area contributed by atoms with Crippen molar-refractivity contribution in [1.29, 1.82) is 0 Å². The number of rotatable bonds is 5. The normalized spacial score (nSPS) is 23.0. The van der Waals surface area contributed by atoms with Crippen LogP contribution in [0.25, 0.3) is 0 Å². The molecule has 2 aliphatic heterocycles. The predicted octanol–water partition coefficient (Wildman–Crippen LogP) is 1.51. The van der Waals surface area contributed by atoms with E-state index in [0.29, 0.717) is 13.0 Å². The molecule has 2 unspecified atom stereocenters. The second kappa shape index (κ2) is 8.58. The minimum absolute atomic E-state index is 0.181. The predicted molar refractivity (Wildman–Crippen MR) is 105 cm³/mol. The van der Waals surface area contributed by atoms with Gasteiger partial charge < -0.3 is 15.0 Å². The zero-order valence-electron chi connectivity index (χ0n) is 16.1. The average molecular weight is 396 g/mol. The number of sulfonamides is 1. The van der Waals surface area contributed by atoms with Crippen LogP contribution < -0.4 is 10.2 Å². The number of hydrogen-bond donors (Lipinski definition) is 1. The summed E-state index contributed by atoms with van der Waals surface area (Å²) in [4.78, 5) is 15.0. The standard InChI is InChI=1S/C19H29N3O4S/c1-15(16-6-8-17(9-7-16)21-11-13-26-14-12-21)20-19(23)18-5-3-4-10-22(18)27(2,24)25/h6-9,15,18H,3-5,10-14H2,1-2H3,(H,20,23). The maximum atomic E-state index is 12.7. The Morgan fingerprint density at radius 1 is 1.15 bits per heavy atom. The van der Waals surface area contributed by atoms with Gasteiger partial charge in [-0.1, -0.05) is 18.6 Å². The van der Waals surface area contributed by atoms with Crippen molar-refractivity contribution in [1.82, 2.24) is 9.62 Å². The molecule has 2 aliphatic rings. The van der Waals surface area contributed by atoms with Gasteiger partial charge in [-0.3, -0.25) is 4.79 Å². The fourth-order valence-electron chi connectivity index (χ4n) is 3.75. The van der Waals surface area contributed by atoms with Gasteiger partial charge >= 0.3 is 0 Å². The summed E-state index contributed by atoms with van der Waals surface area (Å²) in [6, 6.07) is 7.37. The van der Waals surface area contributed by atoms with Gasteiger partial charge in [0.25, 0.3) is 0 Å². The molecule has 1 N–H and O–H groups in total. The number of hydrogen-bond acceptors (Lipinski definition) is 5. The van der Waals surface area contributed by atoms with Gasteiger partial charge in [0.05, 0.1) is 25.5 Å². The highest BCUT2D eigenvalue weighted by atomic mass is 32.2. The van der Waals surface area contributed by atoms with Gasteiger partial charge in [0.2, 0.25) is 15.9 Å². The Morgan fingerprint density at radius 3 is 2.44 bits per heavy atom. The smallest absolute Gasteiger partial charge is 0.238 e. The highest BCUT2D eigenvalue weighted by molar-refractivity contribution is 7.88. The molecular weight excluding hydrogens is 366 g/mol. The SMILES string of the molecule is CC(NC(=O)C1CCCCN1S(C)(=O)=O)c1ccc(N2CCOCC2)cc1. The Balaban J connectivity index is 1.63. The zero-order chi connectivity index (χ0) is 19.4. The molecule has 2 fully saturated rings. The van der Waals surface area contributed by atoms with Gasteiger partial charge in [0.15, 0.2) is 0 Å². The third-order valence-corrected chi connectivity index (χ3v) is 6.60. The molecule has 27 heavy (non-hydrogen) atoms. The largest absolute Gasteiger partial charge is 0.378 e. The van der Waals surface area contributed by atoms with E-state index in [1.165, 1.54) is 10.6 Å². The lowest BCUT2D eigenvalue weighted by atomic mass is 10.0. The van der Waals surface area contributed by atoms with Crippen LogP contribution in [0.5, 0.6) is 0 Å². The number of amides is 1. The number of anilines is 1. The summed E-state index contributed by atoms with van der Waals surface area (Å²) >= 11 is 0. The first-order valence-corrected chi connectivity index (χ1v) is 11.4. The van der Waals surface area contributed by atoms with Crippen molar-refractivity contribution in [2.45, 2.75) is 38.3 Å². The van der Waals surface area contributed by atoms with E-state index in [9.17, 15) is 13.2 Å². The van der Waals surface area contributed by atoms with Crippen molar-refractivity contribution in [2.75, 3.05) is 44.0 Å². The van der Waals surface area contributed by atoms with Crippen LogP contribution in [-0.2, 0) is 19.6 Å². The topological polar surface area (TPSA) is 79.0 Å². The first kappa shape index (κ1) is 20.1. The summed E-state index contributed by atoms with van der Waals surface area (Å²) < 4.78 is 30.7. The molecule has 1 amide bonds. The van der Waals surface area contributed by atoms with Crippen LogP contribution in [0.3, 0.4) is 0 Å². The Bertz CT molecular complexity index is 745. The maximum Gasteiger partial charge on any atom is 0.238 e. The Kier molecular flexibility index (Phi) is 6.39. The first-order valence-electron chi connectivity index (χ1n) is 9.56. The van der Waals surface area contributed by atoms with Crippen molar-refractivity contribution < 1.29 is 17.9 Å². The average Bonchev–Trinajstić information content (AvgIpc) is 2.68. The number of piperidine rings is 1. The second-order valence-corrected chi connectivity index (χ2v) is 9.24. The maximum absolute atomic E-state index is 12.7. The highest BCUT2D eigenvalue weighted by Crippen LogP contribution is 2.23. The molecule has 1 aromatic carbocycles. The molecule has 0 saturated carbocycles.